The van der Waals surface area contributed by atoms with Crippen LogP contribution in [-0.4, -0.2) is 28.7 Å². The first-order valence-corrected chi connectivity index (χ1v) is 5.37. The van der Waals surface area contributed by atoms with Gasteiger partial charge < -0.3 is 15.2 Å². The van der Waals surface area contributed by atoms with Gasteiger partial charge >= 0.3 is 0 Å². The van der Waals surface area contributed by atoms with Crippen LogP contribution >= 0.6 is 15.9 Å². The van der Waals surface area contributed by atoms with E-state index in [0.717, 1.165) is 0 Å². The summed E-state index contributed by atoms with van der Waals surface area (Å²) in [7, 11) is 1.48. The van der Waals surface area contributed by atoms with Crippen molar-refractivity contribution in [2.24, 2.45) is 0 Å². The van der Waals surface area contributed by atoms with Crippen molar-refractivity contribution >= 4 is 27.5 Å². The number of nitrogens with zero attached hydrogens (tertiary/aromatic N) is 1. The first-order chi connectivity index (χ1) is 7.32. The molecule has 0 aliphatic carbocycles. The first kappa shape index (κ1) is 12.9. The number of anilines is 1. The molecule has 0 radical (unpaired) electrons. The van der Waals surface area contributed by atoms with Crippen LogP contribution in [0.15, 0.2) is 16.7 Å². The molecule has 5 nitrogen and oxygen atoms in total. The minimum atomic E-state index is -1.43. The Labute approximate surface area is 102 Å². The molecule has 0 aliphatic heterocycles. The summed E-state index contributed by atoms with van der Waals surface area (Å²) in [6.07, 6.45) is 0. The fraction of sp³-hybridized carbons (Fsp3) is 0.400. The van der Waals surface area contributed by atoms with Gasteiger partial charge in [-0.2, -0.15) is 0 Å². The zero-order valence-corrected chi connectivity index (χ0v) is 10.8. The van der Waals surface area contributed by atoms with Crippen LogP contribution in [0.5, 0.6) is 5.88 Å². The number of hydrogen-bond acceptors (Lipinski definition) is 4. The molecule has 0 saturated carbocycles. The quantitative estimate of drug-likeness (QED) is 0.828. The van der Waals surface area contributed by atoms with E-state index < -0.39 is 11.5 Å². The lowest BCUT2D eigenvalue weighted by Gasteiger charge is -2.16. The number of rotatable bonds is 3. The van der Waals surface area contributed by atoms with E-state index in [0.29, 0.717) is 16.2 Å². The van der Waals surface area contributed by atoms with E-state index in [9.17, 15) is 9.90 Å². The summed E-state index contributed by atoms with van der Waals surface area (Å²) < 4.78 is 5.49. The summed E-state index contributed by atoms with van der Waals surface area (Å²) in [6.45, 7) is 2.83. The molecular weight excluding hydrogens is 276 g/mol. The monoisotopic (exact) mass is 288 g/mol. The molecular formula is C10H13BrN2O3. The summed E-state index contributed by atoms with van der Waals surface area (Å²) >= 11 is 3.19. The van der Waals surface area contributed by atoms with Gasteiger partial charge in [0.05, 0.1) is 7.11 Å². The van der Waals surface area contributed by atoms with Gasteiger partial charge in [-0.05, 0) is 35.8 Å². The Balaban J connectivity index is 2.89. The molecule has 1 heterocycles. The number of aliphatic hydroxyl groups is 1. The van der Waals surface area contributed by atoms with E-state index >= 15 is 0 Å². The molecule has 0 aromatic carbocycles. The molecule has 1 aromatic heterocycles. The van der Waals surface area contributed by atoms with Gasteiger partial charge in [-0.1, -0.05) is 0 Å². The van der Waals surface area contributed by atoms with Crippen molar-refractivity contribution in [2.45, 2.75) is 19.4 Å². The number of ether oxygens (including phenoxy) is 1. The fourth-order valence-corrected chi connectivity index (χ4v) is 1.36. The van der Waals surface area contributed by atoms with Crippen molar-refractivity contribution in [3.8, 4) is 5.88 Å². The summed E-state index contributed by atoms with van der Waals surface area (Å²) in [4.78, 5) is 15.5. The van der Waals surface area contributed by atoms with Gasteiger partial charge in [0, 0.05) is 11.8 Å². The predicted molar refractivity (Wildman–Crippen MR) is 63.4 cm³/mol. The third kappa shape index (κ3) is 3.46. The Kier molecular flexibility index (Phi) is 3.88. The molecule has 0 atom stereocenters. The van der Waals surface area contributed by atoms with Gasteiger partial charge in [0.15, 0.2) is 0 Å². The lowest BCUT2D eigenvalue weighted by Crippen LogP contribution is -2.36. The second-order valence-corrected chi connectivity index (χ2v) is 4.55. The molecule has 6 heteroatoms. The van der Waals surface area contributed by atoms with Crippen molar-refractivity contribution < 1.29 is 14.6 Å². The van der Waals surface area contributed by atoms with Crippen LogP contribution in [-0.2, 0) is 4.79 Å². The summed E-state index contributed by atoms with van der Waals surface area (Å²) in [5, 5.41) is 12.0. The molecule has 0 unspecified atom stereocenters. The normalized spacial score (nSPS) is 11.1. The molecule has 16 heavy (non-hydrogen) atoms. The van der Waals surface area contributed by atoms with E-state index in [2.05, 4.69) is 26.2 Å². The zero-order chi connectivity index (χ0) is 12.3. The van der Waals surface area contributed by atoms with Crippen molar-refractivity contribution in [1.29, 1.82) is 0 Å². The Hall–Kier alpha value is -1.14. The number of nitrogens with one attached hydrogen (secondary N) is 1. The molecule has 0 bridgehead atoms. The van der Waals surface area contributed by atoms with E-state index in [-0.39, 0.29) is 0 Å². The maximum absolute atomic E-state index is 11.5. The predicted octanol–water partition coefficient (Wildman–Crippen LogP) is 1.56. The molecule has 1 aromatic rings. The highest BCUT2D eigenvalue weighted by atomic mass is 79.9. The highest BCUT2D eigenvalue weighted by molar-refractivity contribution is 9.10. The van der Waals surface area contributed by atoms with Gasteiger partial charge in [0.1, 0.15) is 10.2 Å². The SMILES string of the molecule is COc1cc(NC(=O)C(C)(C)O)cc(Br)n1. The molecule has 0 aliphatic rings. The van der Waals surface area contributed by atoms with Crippen molar-refractivity contribution in [2.75, 3.05) is 12.4 Å². The Morgan fingerprint density at radius 1 is 1.56 bits per heavy atom. The van der Waals surface area contributed by atoms with E-state index in [1.165, 1.54) is 21.0 Å². The summed E-state index contributed by atoms with van der Waals surface area (Å²) in [5.74, 6) is -0.118. The molecule has 1 rings (SSSR count). The average Bonchev–Trinajstić information content (AvgIpc) is 2.15. The molecule has 0 spiro atoms. The Morgan fingerprint density at radius 2 is 2.19 bits per heavy atom. The number of amides is 1. The van der Waals surface area contributed by atoms with Crippen LogP contribution in [0, 0.1) is 0 Å². The number of carbonyl (C=O) groups excluding carboxylic acids is 1. The lowest BCUT2D eigenvalue weighted by atomic mass is 10.1. The van der Waals surface area contributed by atoms with Gasteiger partial charge in [0.2, 0.25) is 5.88 Å². The zero-order valence-electron chi connectivity index (χ0n) is 9.24. The largest absolute Gasteiger partial charge is 0.481 e. The number of hydrogen-bond donors (Lipinski definition) is 2. The van der Waals surface area contributed by atoms with Gasteiger partial charge in [-0.15, -0.1) is 0 Å². The fourth-order valence-electron chi connectivity index (χ4n) is 0.934. The Morgan fingerprint density at radius 3 is 2.69 bits per heavy atom. The van der Waals surface area contributed by atoms with Crippen LogP contribution in [0.3, 0.4) is 0 Å². The highest BCUT2D eigenvalue weighted by Crippen LogP contribution is 2.21. The van der Waals surface area contributed by atoms with Gasteiger partial charge in [0.25, 0.3) is 5.91 Å². The topological polar surface area (TPSA) is 71.5 Å². The highest BCUT2D eigenvalue weighted by Gasteiger charge is 2.23. The summed E-state index contributed by atoms with van der Waals surface area (Å²) in [6, 6.07) is 3.18. The minimum absolute atomic E-state index is 0.375. The van der Waals surface area contributed by atoms with Crippen LogP contribution < -0.4 is 10.1 Å². The standard InChI is InChI=1S/C10H13BrN2O3/c1-10(2,15)9(14)12-6-4-7(11)13-8(5-6)16-3/h4-5,15H,1-3H3,(H,12,13,14). The van der Waals surface area contributed by atoms with Crippen molar-refractivity contribution in [1.82, 2.24) is 4.98 Å². The number of pyridine rings is 1. The molecule has 2 N–H and O–H groups in total. The van der Waals surface area contributed by atoms with Crippen LogP contribution in [0.25, 0.3) is 0 Å². The number of methoxy groups -OCH3 is 1. The van der Waals surface area contributed by atoms with E-state index in [1.54, 1.807) is 12.1 Å². The number of carbonyl (C=O) groups is 1. The summed E-state index contributed by atoms with van der Waals surface area (Å²) in [5.41, 5.74) is -0.922. The van der Waals surface area contributed by atoms with Crippen molar-refractivity contribution in [3.63, 3.8) is 0 Å². The van der Waals surface area contributed by atoms with E-state index in [4.69, 9.17) is 4.74 Å². The maximum Gasteiger partial charge on any atom is 0.255 e. The van der Waals surface area contributed by atoms with Crippen LogP contribution in [0.1, 0.15) is 13.8 Å². The van der Waals surface area contributed by atoms with Crippen molar-refractivity contribution in [3.05, 3.63) is 16.7 Å². The molecule has 0 fully saturated rings. The van der Waals surface area contributed by atoms with Crippen LogP contribution in [0.4, 0.5) is 5.69 Å². The lowest BCUT2D eigenvalue weighted by molar-refractivity contribution is -0.130. The smallest absolute Gasteiger partial charge is 0.255 e. The number of halogens is 1. The third-order valence-electron chi connectivity index (χ3n) is 1.79. The maximum atomic E-state index is 11.5. The third-order valence-corrected chi connectivity index (χ3v) is 2.20. The Bertz CT molecular complexity index is 402. The average molecular weight is 289 g/mol. The molecule has 0 saturated heterocycles. The minimum Gasteiger partial charge on any atom is -0.481 e. The van der Waals surface area contributed by atoms with Crippen LogP contribution in [0.2, 0.25) is 0 Å². The molecule has 88 valence electrons. The first-order valence-electron chi connectivity index (χ1n) is 4.58. The van der Waals surface area contributed by atoms with Gasteiger partial charge in [-0.3, -0.25) is 4.79 Å². The number of aromatic nitrogens is 1. The van der Waals surface area contributed by atoms with E-state index in [1.807, 2.05) is 0 Å². The second kappa shape index (κ2) is 4.80. The van der Waals surface area contributed by atoms with Gasteiger partial charge in [-0.25, -0.2) is 4.98 Å². The second-order valence-electron chi connectivity index (χ2n) is 3.73. The molecule has 1 amide bonds.